The van der Waals surface area contributed by atoms with Crippen molar-refractivity contribution in [3.63, 3.8) is 0 Å². The van der Waals surface area contributed by atoms with Crippen LogP contribution in [0.25, 0.3) is 0 Å². The molecule has 0 aromatic rings. The summed E-state index contributed by atoms with van der Waals surface area (Å²) in [6.45, 7) is 6.76. The molecule has 0 aliphatic carbocycles. The van der Waals surface area contributed by atoms with E-state index >= 15 is 0 Å². The number of carbonyl (C=O) groups is 2. The third-order valence-electron chi connectivity index (χ3n) is 4.58. The first kappa shape index (κ1) is 16.2. The molecule has 6 nitrogen and oxygen atoms in total. The van der Waals surface area contributed by atoms with Gasteiger partial charge in [0, 0.05) is 46.3 Å². The van der Waals surface area contributed by atoms with Gasteiger partial charge in [-0.2, -0.15) is 0 Å². The lowest BCUT2D eigenvalue weighted by molar-refractivity contribution is -0.139. The van der Waals surface area contributed by atoms with Crippen molar-refractivity contribution in [1.29, 1.82) is 0 Å². The lowest BCUT2D eigenvalue weighted by atomic mass is 9.95. The monoisotopic (exact) mass is 297 g/mol. The summed E-state index contributed by atoms with van der Waals surface area (Å²) in [6, 6.07) is 0. The van der Waals surface area contributed by atoms with Gasteiger partial charge in [-0.3, -0.25) is 14.5 Å². The van der Waals surface area contributed by atoms with Crippen molar-refractivity contribution < 1.29 is 14.7 Å². The smallest absolute Gasteiger partial charge is 0.236 e. The van der Waals surface area contributed by atoms with Crippen LogP contribution in [0.4, 0.5) is 0 Å². The SMILES string of the molecule is CC(=O)N1CCN(C(=O)CN2CCCC(CCO)C2)CC1. The molecule has 2 rings (SSSR count). The van der Waals surface area contributed by atoms with E-state index < -0.39 is 0 Å². The van der Waals surface area contributed by atoms with Crippen molar-refractivity contribution in [3.8, 4) is 0 Å². The van der Waals surface area contributed by atoms with E-state index in [2.05, 4.69) is 4.90 Å². The highest BCUT2D eigenvalue weighted by atomic mass is 16.3. The molecule has 1 atom stereocenters. The predicted molar refractivity (Wildman–Crippen MR) is 79.7 cm³/mol. The van der Waals surface area contributed by atoms with Crippen LogP contribution in [0.3, 0.4) is 0 Å². The second-order valence-corrected chi connectivity index (χ2v) is 6.14. The molecule has 2 aliphatic rings. The van der Waals surface area contributed by atoms with Gasteiger partial charge in [0.05, 0.1) is 6.54 Å². The van der Waals surface area contributed by atoms with Crippen molar-refractivity contribution in [3.05, 3.63) is 0 Å². The number of aliphatic hydroxyl groups is 1. The van der Waals surface area contributed by atoms with Crippen LogP contribution in [0.15, 0.2) is 0 Å². The summed E-state index contributed by atoms with van der Waals surface area (Å²) in [4.78, 5) is 29.5. The number of hydrogen-bond acceptors (Lipinski definition) is 4. The molecule has 1 N–H and O–H groups in total. The minimum Gasteiger partial charge on any atom is -0.396 e. The van der Waals surface area contributed by atoms with Gasteiger partial charge < -0.3 is 14.9 Å². The van der Waals surface area contributed by atoms with Crippen molar-refractivity contribution in [2.75, 3.05) is 52.4 Å². The zero-order valence-corrected chi connectivity index (χ0v) is 13.0. The van der Waals surface area contributed by atoms with Gasteiger partial charge in [0.2, 0.25) is 11.8 Å². The first-order valence-corrected chi connectivity index (χ1v) is 7.96. The van der Waals surface area contributed by atoms with Gasteiger partial charge in [-0.25, -0.2) is 0 Å². The van der Waals surface area contributed by atoms with Crippen LogP contribution in [0, 0.1) is 5.92 Å². The molecule has 2 heterocycles. The van der Waals surface area contributed by atoms with Gasteiger partial charge in [0.15, 0.2) is 0 Å². The zero-order chi connectivity index (χ0) is 15.2. The van der Waals surface area contributed by atoms with Gasteiger partial charge in [-0.1, -0.05) is 0 Å². The molecule has 120 valence electrons. The number of piperazine rings is 1. The molecule has 0 spiro atoms. The standard InChI is InChI=1S/C15H27N3O3/c1-13(20)17-6-8-18(9-7-17)15(21)12-16-5-2-3-14(11-16)4-10-19/h14,19H,2-12H2,1H3. The predicted octanol–water partition coefficient (Wildman–Crippen LogP) is -0.228. The zero-order valence-electron chi connectivity index (χ0n) is 13.0. The van der Waals surface area contributed by atoms with E-state index in [1.165, 1.54) is 0 Å². The Balaban J connectivity index is 1.75. The molecular formula is C15H27N3O3. The van der Waals surface area contributed by atoms with Gasteiger partial charge in [-0.05, 0) is 31.7 Å². The molecule has 0 aromatic heterocycles. The summed E-state index contributed by atoms with van der Waals surface area (Å²) >= 11 is 0. The largest absolute Gasteiger partial charge is 0.396 e. The van der Waals surface area contributed by atoms with Gasteiger partial charge >= 0.3 is 0 Å². The third-order valence-corrected chi connectivity index (χ3v) is 4.58. The molecule has 0 saturated carbocycles. The van der Waals surface area contributed by atoms with Crippen molar-refractivity contribution in [2.45, 2.75) is 26.2 Å². The molecule has 21 heavy (non-hydrogen) atoms. The van der Waals surface area contributed by atoms with Crippen LogP contribution >= 0.6 is 0 Å². The minimum atomic E-state index is 0.0879. The normalized spacial score (nSPS) is 24.2. The Morgan fingerprint density at radius 1 is 1.10 bits per heavy atom. The van der Waals surface area contributed by atoms with Crippen LogP contribution in [-0.4, -0.2) is 84.0 Å². The number of piperidine rings is 1. The number of hydrogen-bond donors (Lipinski definition) is 1. The first-order chi connectivity index (χ1) is 10.1. The fourth-order valence-corrected chi connectivity index (χ4v) is 3.28. The highest BCUT2D eigenvalue weighted by molar-refractivity contribution is 5.79. The lowest BCUT2D eigenvalue weighted by Crippen LogP contribution is -2.52. The Hall–Kier alpha value is -1.14. The number of amides is 2. The van der Waals surface area contributed by atoms with E-state index in [-0.39, 0.29) is 18.4 Å². The van der Waals surface area contributed by atoms with E-state index in [0.29, 0.717) is 38.6 Å². The minimum absolute atomic E-state index is 0.0879. The van der Waals surface area contributed by atoms with Gasteiger partial charge in [0.1, 0.15) is 0 Å². The number of aliphatic hydroxyl groups excluding tert-OH is 1. The van der Waals surface area contributed by atoms with Crippen LogP contribution < -0.4 is 0 Å². The van der Waals surface area contributed by atoms with Crippen molar-refractivity contribution in [1.82, 2.24) is 14.7 Å². The number of rotatable bonds is 4. The molecule has 2 aliphatic heterocycles. The molecule has 0 aromatic carbocycles. The third kappa shape index (κ3) is 4.68. The van der Waals surface area contributed by atoms with Gasteiger partial charge in [0.25, 0.3) is 0 Å². The molecule has 1 unspecified atom stereocenters. The molecule has 6 heteroatoms. The van der Waals surface area contributed by atoms with E-state index in [0.717, 1.165) is 32.4 Å². The summed E-state index contributed by atoms with van der Waals surface area (Å²) in [5.41, 5.74) is 0. The highest BCUT2D eigenvalue weighted by Gasteiger charge is 2.26. The number of nitrogens with zero attached hydrogens (tertiary/aromatic N) is 3. The second-order valence-electron chi connectivity index (χ2n) is 6.14. The van der Waals surface area contributed by atoms with Crippen LogP contribution in [0.5, 0.6) is 0 Å². The average molecular weight is 297 g/mol. The summed E-state index contributed by atoms with van der Waals surface area (Å²) in [5, 5.41) is 9.03. The molecule has 0 radical (unpaired) electrons. The number of carbonyl (C=O) groups excluding carboxylic acids is 2. The Morgan fingerprint density at radius 3 is 2.38 bits per heavy atom. The van der Waals surface area contributed by atoms with E-state index in [1.807, 2.05) is 4.90 Å². The highest BCUT2D eigenvalue weighted by Crippen LogP contribution is 2.19. The molecule has 0 bridgehead atoms. The molecule has 2 fully saturated rings. The fraction of sp³-hybridized carbons (Fsp3) is 0.867. The van der Waals surface area contributed by atoms with Crippen LogP contribution in [0.1, 0.15) is 26.2 Å². The summed E-state index contributed by atoms with van der Waals surface area (Å²) in [6.07, 6.45) is 3.10. The first-order valence-electron chi connectivity index (χ1n) is 7.96. The second kappa shape index (κ2) is 7.75. The number of likely N-dealkylation sites (tertiary alicyclic amines) is 1. The quantitative estimate of drug-likeness (QED) is 0.779. The van der Waals surface area contributed by atoms with Crippen molar-refractivity contribution in [2.24, 2.45) is 5.92 Å². The maximum atomic E-state index is 12.3. The summed E-state index contributed by atoms with van der Waals surface area (Å²) in [7, 11) is 0. The maximum absolute atomic E-state index is 12.3. The Bertz CT molecular complexity index is 365. The summed E-state index contributed by atoms with van der Waals surface area (Å²) < 4.78 is 0. The molecular weight excluding hydrogens is 270 g/mol. The molecule has 2 amide bonds. The Kier molecular flexibility index (Phi) is 5.99. The van der Waals surface area contributed by atoms with Crippen molar-refractivity contribution >= 4 is 11.8 Å². The van der Waals surface area contributed by atoms with Gasteiger partial charge in [-0.15, -0.1) is 0 Å². The maximum Gasteiger partial charge on any atom is 0.236 e. The van der Waals surface area contributed by atoms with E-state index in [4.69, 9.17) is 5.11 Å². The Morgan fingerprint density at radius 2 is 1.76 bits per heavy atom. The average Bonchev–Trinajstić information content (AvgIpc) is 2.48. The van der Waals surface area contributed by atoms with Crippen LogP contribution in [0.2, 0.25) is 0 Å². The topological polar surface area (TPSA) is 64.1 Å². The lowest BCUT2D eigenvalue weighted by Gasteiger charge is -2.37. The summed E-state index contributed by atoms with van der Waals surface area (Å²) in [5.74, 6) is 0.777. The Labute approximate surface area is 126 Å². The fourth-order valence-electron chi connectivity index (χ4n) is 3.28. The van der Waals surface area contributed by atoms with E-state index in [1.54, 1.807) is 11.8 Å². The van der Waals surface area contributed by atoms with Crippen LogP contribution in [-0.2, 0) is 9.59 Å². The molecule has 2 saturated heterocycles. The van der Waals surface area contributed by atoms with E-state index in [9.17, 15) is 9.59 Å².